The molecule has 1 aromatic rings. The Hall–Kier alpha value is -1.75. The fourth-order valence-corrected chi connectivity index (χ4v) is 2.99. The van der Waals surface area contributed by atoms with E-state index in [1.807, 2.05) is 24.0 Å². The van der Waals surface area contributed by atoms with Gasteiger partial charge in [0.1, 0.15) is 0 Å². The van der Waals surface area contributed by atoms with Crippen LogP contribution < -0.4 is 10.6 Å². The molecule has 24 heavy (non-hydrogen) atoms. The molecule has 1 atom stereocenters. The van der Waals surface area contributed by atoms with Gasteiger partial charge >= 0.3 is 0 Å². The second kappa shape index (κ2) is 9.52. The molecule has 6 heteroatoms. The second-order valence-electron chi connectivity index (χ2n) is 6.05. The average molecular weight is 351 g/mol. The van der Waals surface area contributed by atoms with Crippen LogP contribution in [0.3, 0.4) is 0 Å². The fourth-order valence-electron chi connectivity index (χ4n) is 2.87. The molecule has 2 rings (SSSR count). The number of carbonyl (C=O) groups is 1. The lowest BCUT2D eigenvalue weighted by molar-refractivity contribution is -0.129. The Labute approximate surface area is 149 Å². The van der Waals surface area contributed by atoms with Crippen LogP contribution in [0.15, 0.2) is 29.3 Å². The largest absolute Gasteiger partial charge is 0.356 e. The molecule has 1 aliphatic heterocycles. The van der Waals surface area contributed by atoms with Gasteiger partial charge in [-0.25, -0.2) is 0 Å². The SMILES string of the molecule is CCC(=O)N1CCC(NC(=NC)NCCCc2ccc(Cl)cc2)C1. The molecule has 1 amide bonds. The molecular weight excluding hydrogens is 324 g/mol. The van der Waals surface area contributed by atoms with Gasteiger partial charge in [-0.15, -0.1) is 0 Å². The molecule has 5 nitrogen and oxygen atoms in total. The Balaban J connectivity index is 1.67. The Bertz CT molecular complexity index is 559. The third kappa shape index (κ3) is 5.71. The van der Waals surface area contributed by atoms with Crippen LogP contribution in [-0.2, 0) is 11.2 Å². The summed E-state index contributed by atoms with van der Waals surface area (Å²) in [4.78, 5) is 17.9. The molecular formula is C18H27ClN4O. The zero-order chi connectivity index (χ0) is 17.4. The number of guanidine groups is 1. The summed E-state index contributed by atoms with van der Waals surface area (Å²) in [6.45, 7) is 4.35. The number of nitrogens with one attached hydrogen (secondary N) is 2. The van der Waals surface area contributed by atoms with E-state index in [9.17, 15) is 4.79 Å². The number of halogens is 1. The third-order valence-electron chi connectivity index (χ3n) is 4.26. The second-order valence-corrected chi connectivity index (χ2v) is 6.49. The Morgan fingerprint density at radius 1 is 1.38 bits per heavy atom. The zero-order valence-corrected chi connectivity index (χ0v) is 15.3. The topological polar surface area (TPSA) is 56.7 Å². The molecule has 0 saturated carbocycles. The highest BCUT2D eigenvalue weighted by Gasteiger charge is 2.25. The van der Waals surface area contributed by atoms with Crippen molar-refractivity contribution in [2.24, 2.45) is 4.99 Å². The van der Waals surface area contributed by atoms with Crippen molar-refractivity contribution < 1.29 is 4.79 Å². The van der Waals surface area contributed by atoms with E-state index in [1.54, 1.807) is 7.05 Å². The molecule has 0 spiro atoms. The molecule has 0 bridgehead atoms. The van der Waals surface area contributed by atoms with Crippen molar-refractivity contribution in [3.63, 3.8) is 0 Å². The summed E-state index contributed by atoms with van der Waals surface area (Å²) >= 11 is 5.89. The first-order valence-electron chi connectivity index (χ1n) is 8.61. The molecule has 1 saturated heterocycles. The number of benzene rings is 1. The van der Waals surface area contributed by atoms with Gasteiger partial charge in [0, 0.05) is 44.2 Å². The first kappa shape index (κ1) is 18.6. The van der Waals surface area contributed by atoms with Crippen molar-refractivity contribution in [2.45, 2.75) is 38.6 Å². The summed E-state index contributed by atoms with van der Waals surface area (Å²) < 4.78 is 0. The van der Waals surface area contributed by atoms with E-state index >= 15 is 0 Å². The number of rotatable bonds is 6. The lowest BCUT2D eigenvalue weighted by Gasteiger charge is -2.18. The van der Waals surface area contributed by atoms with Gasteiger partial charge in [-0.3, -0.25) is 9.79 Å². The number of hydrogen-bond donors (Lipinski definition) is 2. The van der Waals surface area contributed by atoms with Crippen molar-refractivity contribution in [1.29, 1.82) is 0 Å². The predicted molar refractivity (Wildman–Crippen MR) is 99.5 cm³/mol. The first-order valence-corrected chi connectivity index (χ1v) is 8.99. The highest BCUT2D eigenvalue weighted by atomic mass is 35.5. The minimum absolute atomic E-state index is 0.227. The van der Waals surface area contributed by atoms with E-state index in [4.69, 9.17) is 11.6 Å². The van der Waals surface area contributed by atoms with Gasteiger partial charge in [0.15, 0.2) is 5.96 Å². The van der Waals surface area contributed by atoms with Crippen molar-refractivity contribution in [2.75, 3.05) is 26.7 Å². The quantitative estimate of drug-likeness (QED) is 0.470. The van der Waals surface area contributed by atoms with Crippen molar-refractivity contribution in [3.8, 4) is 0 Å². The van der Waals surface area contributed by atoms with Crippen LogP contribution in [0, 0.1) is 0 Å². The van der Waals surface area contributed by atoms with E-state index in [-0.39, 0.29) is 11.9 Å². The molecule has 0 aliphatic carbocycles. The highest BCUT2D eigenvalue weighted by Crippen LogP contribution is 2.11. The van der Waals surface area contributed by atoms with Gasteiger partial charge in [-0.05, 0) is 37.0 Å². The maximum Gasteiger partial charge on any atom is 0.222 e. The number of carbonyl (C=O) groups excluding carboxylic acids is 1. The van der Waals surface area contributed by atoms with Crippen LogP contribution in [0.25, 0.3) is 0 Å². The lowest BCUT2D eigenvalue weighted by Crippen LogP contribution is -2.45. The van der Waals surface area contributed by atoms with Crippen molar-refractivity contribution in [1.82, 2.24) is 15.5 Å². The van der Waals surface area contributed by atoms with Crippen LogP contribution in [0.1, 0.15) is 31.7 Å². The number of amides is 1. The Kier molecular flexibility index (Phi) is 7.37. The molecule has 1 aromatic carbocycles. The highest BCUT2D eigenvalue weighted by molar-refractivity contribution is 6.30. The minimum Gasteiger partial charge on any atom is -0.356 e. The zero-order valence-electron chi connectivity index (χ0n) is 14.5. The van der Waals surface area contributed by atoms with Crippen LogP contribution >= 0.6 is 11.6 Å². The average Bonchev–Trinajstić information content (AvgIpc) is 3.07. The maximum atomic E-state index is 11.7. The predicted octanol–water partition coefficient (Wildman–Crippen LogP) is 2.45. The fraction of sp³-hybridized carbons (Fsp3) is 0.556. The van der Waals surface area contributed by atoms with Gasteiger partial charge < -0.3 is 15.5 Å². The first-order chi connectivity index (χ1) is 11.6. The van der Waals surface area contributed by atoms with E-state index < -0.39 is 0 Å². The van der Waals surface area contributed by atoms with Crippen molar-refractivity contribution in [3.05, 3.63) is 34.9 Å². The monoisotopic (exact) mass is 350 g/mol. The molecule has 1 heterocycles. The normalized spacial score (nSPS) is 17.9. The van der Waals surface area contributed by atoms with Crippen LogP contribution in [-0.4, -0.2) is 49.5 Å². The minimum atomic E-state index is 0.227. The molecule has 132 valence electrons. The number of aliphatic imine (C=N–C) groups is 1. The summed E-state index contributed by atoms with van der Waals surface area (Å²) in [5, 5.41) is 7.53. The van der Waals surface area contributed by atoms with Gasteiger partial charge in [0.2, 0.25) is 5.91 Å². The summed E-state index contributed by atoms with van der Waals surface area (Å²) in [6.07, 6.45) is 3.57. The maximum absolute atomic E-state index is 11.7. The lowest BCUT2D eigenvalue weighted by atomic mass is 10.1. The summed E-state index contributed by atoms with van der Waals surface area (Å²) in [5.41, 5.74) is 1.29. The molecule has 0 radical (unpaired) electrons. The number of aryl methyl sites for hydroxylation is 1. The van der Waals surface area contributed by atoms with Gasteiger partial charge in [0.05, 0.1) is 0 Å². The molecule has 0 aromatic heterocycles. The number of nitrogens with zero attached hydrogens (tertiary/aromatic N) is 2. The van der Waals surface area contributed by atoms with Crippen molar-refractivity contribution >= 4 is 23.5 Å². The van der Waals surface area contributed by atoms with E-state index in [0.29, 0.717) is 6.42 Å². The molecule has 1 aliphatic rings. The molecule has 1 unspecified atom stereocenters. The third-order valence-corrected chi connectivity index (χ3v) is 4.51. The van der Waals surface area contributed by atoms with E-state index in [2.05, 4.69) is 27.8 Å². The van der Waals surface area contributed by atoms with Gasteiger partial charge in [-0.2, -0.15) is 0 Å². The number of likely N-dealkylation sites (tertiary alicyclic amines) is 1. The van der Waals surface area contributed by atoms with Crippen LogP contribution in [0.5, 0.6) is 0 Å². The van der Waals surface area contributed by atoms with E-state index in [1.165, 1.54) is 5.56 Å². The Morgan fingerprint density at radius 2 is 2.12 bits per heavy atom. The number of hydrogen-bond acceptors (Lipinski definition) is 2. The van der Waals surface area contributed by atoms with Gasteiger partial charge in [0.25, 0.3) is 0 Å². The van der Waals surface area contributed by atoms with Gasteiger partial charge in [-0.1, -0.05) is 30.7 Å². The smallest absolute Gasteiger partial charge is 0.222 e. The standard InChI is InChI=1S/C18H27ClN4O/c1-3-17(24)23-12-10-16(13-23)22-18(20-2)21-11-4-5-14-6-8-15(19)9-7-14/h6-9,16H,3-5,10-13H2,1-2H3,(H2,20,21,22). The Morgan fingerprint density at radius 3 is 2.79 bits per heavy atom. The molecule has 1 fully saturated rings. The van der Waals surface area contributed by atoms with E-state index in [0.717, 1.165) is 49.9 Å². The summed E-state index contributed by atoms with van der Waals surface area (Å²) in [7, 11) is 1.78. The van der Waals surface area contributed by atoms with Crippen LogP contribution in [0.4, 0.5) is 0 Å². The summed E-state index contributed by atoms with van der Waals surface area (Å²) in [6, 6.07) is 8.26. The molecule has 2 N–H and O–H groups in total. The van der Waals surface area contributed by atoms with Crippen LogP contribution in [0.2, 0.25) is 5.02 Å². The summed E-state index contributed by atoms with van der Waals surface area (Å²) in [5.74, 6) is 1.03.